The summed E-state index contributed by atoms with van der Waals surface area (Å²) in [7, 11) is 2.01. The Bertz CT molecular complexity index is 549. The Labute approximate surface area is 89.5 Å². The Balaban J connectivity index is 3.09. The first-order chi connectivity index (χ1) is 7.07. The Morgan fingerprint density at radius 2 is 1.73 bits per heavy atom. The minimum Gasteiger partial charge on any atom is -0.347 e. The monoisotopic (exact) mass is 201 g/mol. The fourth-order valence-electron chi connectivity index (χ4n) is 2.24. The molecule has 1 heterocycles. The smallest absolute Gasteiger partial charge is 0.152 e. The predicted molar refractivity (Wildman–Crippen MR) is 62.5 cm³/mol. The van der Waals surface area contributed by atoms with Gasteiger partial charge in [-0.2, -0.15) is 0 Å². The summed E-state index contributed by atoms with van der Waals surface area (Å²) in [5, 5.41) is 1.10. The van der Waals surface area contributed by atoms with E-state index in [9.17, 15) is 4.79 Å². The van der Waals surface area contributed by atoms with Crippen LogP contribution in [0.25, 0.3) is 10.9 Å². The van der Waals surface area contributed by atoms with Crippen LogP contribution in [0.1, 0.15) is 27.2 Å². The van der Waals surface area contributed by atoms with Crippen molar-refractivity contribution in [2.45, 2.75) is 20.8 Å². The molecule has 0 bridgehead atoms. The molecule has 15 heavy (non-hydrogen) atoms. The third-order valence-electron chi connectivity index (χ3n) is 3.20. The van der Waals surface area contributed by atoms with Gasteiger partial charge in [0.25, 0.3) is 0 Å². The van der Waals surface area contributed by atoms with E-state index in [2.05, 4.69) is 23.6 Å². The lowest BCUT2D eigenvalue weighted by Crippen LogP contribution is -1.92. The number of hydrogen-bond donors (Lipinski definition) is 0. The molecule has 2 aromatic rings. The quantitative estimate of drug-likeness (QED) is 0.650. The Morgan fingerprint density at radius 3 is 2.33 bits per heavy atom. The first-order valence-corrected chi connectivity index (χ1v) is 5.08. The van der Waals surface area contributed by atoms with E-state index in [0.29, 0.717) is 0 Å². The highest BCUT2D eigenvalue weighted by Gasteiger charge is 2.14. The van der Waals surface area contributed by atoms with Crippen LogP contribution < -0.4 is 0 Å². The molecular weight excluding hydrogens is 186 g/mol. The summed E-state index contributed by atoms with van der Waals surface area (Å²) in [6.07, 6.45) is 0.962. The molecule has 2 heteroatoms. The van der Waals surface area contributed by atoms with Gasteiger partial charge < -0.3 is 4.57 Å². The van der Waals surface area contributed by atoms with Crippen molar-refractivity contribution in [1.82, 2.24) is 4.57 Å². The van der Waals surface area contributed by atoms with Crippen molar-refractivity contribution in [1.29, 1.82) is 0 Å². The highest BCUT2D eigenvalue weighted by Crippen LogP contribution is 2.28. The average molecular weight is 201 g/mol. The average Bonchev–Trinajstić information content (AvgIpc) is 2.47. The summed E-state index contributed by atoms with van der Waals surface area (Å²) >= 11 is 0. The van der Waals surface area contributed by atoms with Gasteiger partial charge in [0.05, 0.1) is 5.52 Å². The molecule has 0 saturated carbocycles. The number of fused-ring (bicyclic) bond motifs is 1. The zero-order chi connectivity index (χ0) is 11.2. The molecular formula is C13H15NO. The molecule has 0 amide bonds. The summed E-state index contributed by atoms with van der Waals surface area (Å²) in [6.45, 7) is 6.12. The van der Waals surface area contributed by atoms with E-state index in [1.54, 1.807) is 0 Å². The second kappa shape index (κ2) is 3.23. The predicted octanol–water partition coefficient (Wildman–Crippen LogP) is 2.92. The minimum absolute atomic E-state index is 0.828. The van der Waals surface area contributed by atoms with Gasteiger partial charge in [0.15, 0.2) is 6.29 Å². The number of carbonyl (C=O) groups excluding carboxylic acids is 1. The van der Waals surface area contributed by atoms with Gasteiger partial charge in [-0.15, -0.1) is 0 Å². The van der Waals surface area contributed by atoms with Crippen molar-refractivity contribution in [2.24, 2.45) is 7.05 Å². The maximum Gasteiger partial charge on any atom is 0.152 e. The van der Waals surface area contributed by atoms with E-state index in [-0.39, 0.29) is 0 Å². The maximum absolute atomic E-state index is 11.1. The third kappa shape index (κ3) is 1.21. The van der Waals surface area contributed by atoms with Crippen LogP contribution in [0.3, 0.4) is 0 Å². The second-order valence-electron chi connectivity index (χ2n) is 4.10. The molecule has 0 spiro atoms. The number of hydrogen-bond acceptors (Lipinski definition) is 1. The van der Waals surface area contributed by atoms with E-state index < -0.39 is 0 Å². The Kier molecular flexibility index (Phi) is 2.14. The van der Waals surface area contributed by atoms with Crippen molar-refractivity contribution >= 4 is 17.2 Å². The van der Waals surface area contributed by atoms with E-state index in [0.717, 1.165) is 22.9 Å². The second-order valence-corrected chi connectivity index (χ2v) is 4.10. The third-order valence-corrected chi connectivity index (χ3v) is 3.20. The maximum atomic E-state index is 11.1. The molecule has 0 aliphatic rings. The highest BCUT2D eigenvalue weighted by molar-refractivity contribution is 6.02. The number of aldehydes is 1. The molecule has 0 unspecified atom stereocenters. The molecule has 0 aliphatic heterocycles. The van der Waals surface area contributed by atoms with Gasteiger partial charge >= 0.3 is 0 Å². The van der Waals surface area contributed by atoms with Gasteiger partial charge in [0.2, 0.25) is 0 Å². The van der Waals surface area contributed by atoms with E-state index in [1.807, 2.05) is 20.9 Å². The molecule has 0 aliphatic carbocycles. The van der Waals surface area contributed by atoms with Crippen molar-refractivity contribution in [3.63, 3.8) is 0 Å². The molecule has 2 rings (SSSR count). The van der Waals surface area contributed by atoms with Crippen molar-refractivity contribution in [3.8, 4) is 0 Å². The molecule has 78 valence electrons. The number of carbonyl (C=O) groups is 1. The fraction of sp³-hybridized carbons (Fsp3) is 0.308. The summed E-state index contributed by atoms with van der Waals surface area (Å²) < 4.78 is 2.10. The van der Waals surface area contributed by atoms with Crippen molar-refractivity contribution < 1.29 is 4.79 Å². The van der Waals surface area contributed by atoms with Crippen LogP contribution in [0.15, 0.2) is 12.1 Å². The van der Waals surface area contributed by atoms with Crippen LogP contribution in [0.2, 0.25) is 0 Å². The van der Waals surface area contributed by atoms with Crippen LogP contribution in [0, 0.1) is 20.8 Å². The largest absolute Gasteiger partial charge is 0.347 e. The topological polar surface area (TPSA) is 22.0 Å². The van der Waals surface area contributed by atoms with Gasteiger partial charge in [-0.05, 0) is 31.9 Å². The number of aromatic nitrogens is 1. The normalized spacial score (nSPS) is 10.9. The first kappa shape index (κ1) is 9.97. The molecule has 0 atom stereocenters. The number of nitrogens with zero attached hydrogens (tertiary/aromatic N) is 1. The van der Waals surface area contributed by atoms with Gasteiger partial charge in [-0.1, -0.05) is 12.1 Å². The standard InChI is InChI=1S/C13H15NO/c1-8-5-6-9(2)13-12(8)11(7-15)10(3)14(13)4/h5-7H,1-4H3. The Morgan fingerprint density at radius 1 is 1.13 bits per heavy atom. The highest BCUT2D eigenvalue weighted by atomic mass is 16.1. The van der Waals surface area contributed by atoms with E-state index in [1.165, 1.54) is 16.6 Å². The summed E-state index contributed by atoms with van der Waals surface area (Å²) in [6, 6.07) is 4.18. The van der Waals surface area contributed by atoms with Gasteiger partial charge in [-0.3, -0.25) is 4.79 Å². The van der Waals surface area contributed by atoms with E-state index in [4.69, 9.17) is 0 Å². The lowest BCUT2D eigenvalue weighted by Gasteiger charge is -2.03. The lowest BCUT2D eigenvalue weighted by atomic mass is 10.0. The summed E-state index contributed by atoms with van der Waals surface area (Å²) in [5.41, 5.74) is 5.43. The lowest BCUT2D eigenvalue weighted by molar-refractivity contribution is 0.112. The van der Waals surface area contributed by atoms with Crippen LogP contribution in [0.4, 0.5) is 0 Å². The summed E-state index contributed by atoms with van der Waals surface area (Å²) in [5.74, 6) is 0. The Hall–Kier alpha value is -1.57. The number of rotatable bonds is 1. The molecule has 0 N–H and O–H groups in total. The minimum atomic E-state index is 0.828. The molecule has 0 radical (unpaired) electrons. The van der Waals surface area contributed by atoms with Gasteiger partial charge in [0.1, 0.15) is 0 Å². The van der Waals surface area contributed by atoms with E-state index >= 15 is 0 Å². The molecule has 0 saturated heterocycles. The fourth-order valence-corrected chi connectivity index (χ4v) is 2.24. The van der Waals surface area contributed by atoms with Crippen LogP contribution >= 0.6 is 0 Å². The molecule has 0 fully saturated rings. The molecule has 1 aromatic carbocycles. The van der Waals surface area contributed by atoms with Crippen LogP contribution in [-0.2, 0) is 7.05 Å². The zero-order valence-corrected chi connectivity index (χ0v) is 9.59. The molecule has 2 nitrogen and oxygen atoms in total. The zero-order valence-electron chi connectivity index (χ0n) is 9.59. The van der Waals surface area contributed by atoms with Crippen molar-refractivity contribution in [2.75, 3.05) is 0 Å². The summed E-state index contributed by atoms with van der Waals surface area (Å²) in [4.78, 5) is 11.1. The number of aryl methyl sites for hydroxylation is 3. The SMILES string of the molecule is Cc1ccc(C)c2c1c(C=O)c(C)n2C. The number of benzene rings is 1. The molecule has 1 aromatic heterocycles. The van der Waals surface area contributed by atoms with Crippen LogP contribution in [0.5, 0.6) is 0 Å². The van der Waals surface area contributed by atoms with Crippen LogP contribution in [-0.4, -0.2) is 10.9 Å². The van der Waals surface area contributed by atoms with Gasteiger partial charge in [0, 0.05) is 23.7 Å². The van der Waals surface area contributed by atoms with Crippen molar-refractivity contribution in [3.05, 3.63) is 34.5 Å². The first-order valence-electron chi connectivity index (χ1n) is 5.08. The van der Waals surface area contributed by atoms with Gasteiger partial charge in [-0.25, -0.2) is 0 Å².